The first kappa shape index (κ1) is 12.0. The summed E-state index contributed by atoms with van der Waals surface area (Å²) in [6, 6.07) is 6.74. The molecule has 0 heterocycles. The van der Waals surface area contributed by atoms with E-state index in [9.17, 15) is 14.7 Å². The third kappa shape index (κ3) is 2.02. The molecule has 0 spiro atoms. The Balaban J connectivity index is 2.24. The van der Waals surface area contributed by atoms with Gasteiger partial charge in [0, 0.05) is 17.3 Å². The number of rotatable bonds is 3. The van der Waals surface area contributed by atoms with Crippen LogP contribution in [0.3, 0.4) is 0 Å². The Hall–Kier alpha value is -2.43. The monoisotopic (exact) mass is 245 g/mol. The number of aliphatic imine (C=N–C) groups is 1. The van der Waals surface area contributed by atoms with Gasteiger partial charge in [0.15, 0.2) is 5.78 Å². The molecule has 2 rings (SSSR count). The van der Waals surface area contributed by atoms with Crippen LogP contribution < -0.4 is 0 Å². The van der Waals surface area contributed by atoms with Gasteiger partial charge in [-0.05, 0) is 0 Å². The number of allylic oxidation sites excluding steroid dienone is 1. The maximum atomic E-state index is 11.9. The number of hydrogen-bond donors (Lipinski definition) is 1. The molecule has 0 bridgehead atoms. The van der Waals surface area contributed by atoms with Gasteiger partial charge in [0.2, 0.25) is 0 Å². The summed E-state index contributed by atoms with van der Waals surface area (Å²) in [6.07, 6.45) is 1.20. The zero-order chi connectivity index (χ0) is 13.1. The predicted octanol–water partition coefficient (Wildman–Crippen LogP) is 1.40. The Morgan fingerprint density at radius 1 is 1.39 bits per heavy atom. The second-order valence-corrected chi connectivity index (χ2v) is 3.68. The van der Waals surface area contributed by atoms with E-state index < -0.39 is 5.97 Å². The second-order valence-electron chi connectivity index (χ2n) is 3.68. The van der Waals surface area contributed by atoms with E-state index in [4.69, 9.17) is 0 Å². The third-order valence-corrected chi connectivity index (χ3v) is 2.60. The number of ether oxygens (including phenoxy) is 1. The number of carbonyl (C=O) groups excluding carboxylic acids is 2. The van der Waals surface area contributed by atoms with Crippen molar-refractivity contribution >= 4 is 23.7 Å². The van der Waals surface area contributed by atoms with Crippen LogP contribution in [0.5, 0.6) is 0 Å². The molecule has 0 saturated carbocycles. The van der Waals surface area contributed by atoms with Gasteiger partial charge < -0.3 is 9.84 Å². The van der Waals surface area contributed by atoms with Crippen LogP contribution in [0.4, 0.5) is 0 Å². The van der Waals surface area contributed by atoms with E-state index in [1.54, 1.807) is 24.3 Å². The number of nitrogens with zero attached hydrogens (tertiary/aromatic N) is 1. The van der Waals surface area contributed by atoms with Crippen LogP contribution in [0.25, 0.3) is 5.76 Å². The van der Waals surface area contributed by atoms with Crippen molar-refractivity contribution in [1.82, 2.24) is 0 Å². The van der Waals surface area contributed by atoms with Gasteiger partial charge in [0.05, 0.1) is 12.7 Å². The molecular weight excluding hydrogens is 234 g/mol. The molecule has 0 unspecified atom stereocenters. The highest BCUT2D eigenvalue weighted by atomic mass is 16.5. The zero-order valence-electron chi connectivity index (χ0n) is 9.71. The van der Waals surface area contributed by atoms with Crippen molar-refractivity contribution in [3.63, 3.8) is 0 Å². The first-order valence-electron chi connectivity index (χ1n) is 5.29. The summed E-state index contributed by atoms with van der Waals surface area (Å²) in [6.45, 7) is -0.184. The van der Waals surface area contributed by atoms with Crippen LogP contribution in [0, 0.1) is 0 Å². The third-order valence-electron chi connectivity index (χ3n) is 2.60. The van der Waals surface area contributed by atoms with Crippen LogP contribution in [0.15, 0.2) is 34.8 Å². The largest absolute Gasteiger partial charge is 0.506 e. The first-order valence-corrected chi connectivity index (χ1v) is 5.29. The van der Waals surface area contributed by atoms with Crippen molar-refractivity contribution < 1.29 is 19.4 Å². The molecule has 0 aliphatic heterocycles. The lowest BCUT2D eigenvalue weighted by Crippen LogP contribution is -2.06. The Kier molecular flexibility index (Phi) is 3.23. The van der Waals surface area contributed by atoms with Crippen molar-refractivity contribution in [2.24, 2.45) is 4.99 Å². The molecule has 0 radical (unpaired) electrons. The lowest BCUT2D eigenvalue weighted by atomic mass is 10.1. The van der Waals surface area contributed by atoms with Crippen LogP contribution in [0.1, 0.15) is 15.9 Å². The van der Waals surface area contributed by atoms with Gasteiger partial charge in [-0.1, -0.05) is 24.3 Å². The van der Waals surface area contributed by atoms with Crippen LogP contribution in [0.2, 0.25) is 0 Å². The number of aliphatic hydroxyl groups is 1. The molecule has 1 aliphatic rings. The van der Waals surface area contributed by atoms with E-state index in [-0.39, 0.29) is 23.7 Å². The summed E-state index contributed by atoms with van der Waals surface area (Å²) in [5.41, 5.74) is 1.02. The maximum Gasteiger partial charge on any atom is 0.327 e. The summed E-state index contributed by atoms with van der Waals surface area (Å²) in [4.78, 5) is 26.6. The highest BCUT2D eigenvalue weighted by Crippen LogP contribution is 2.29. The summed E-state index contributed by atoms with van der Waals surface area (Å²) < 4.78 is 4.41. The van der Waals surface area contributed by atoms with Gasteiger partial charge in [0.25, 0.3) is 0 Å². The van der Waals surface area contributed by atoms with Crippen molar-refractivity contribution in [2.75, 3.05) is 13.7 Å². The molecule has 1 aliphatic carbocycles. The van der Waals surface area contributed by atoms with E-state index >= 15 is 0 Å². The summed E-state index contributed by atoms with van der Waals surface area (Å²) in [7, 11) is 1.26. The Morgan fingerprint density at radius 2 is 2.06 bits per heavy atom. The Labute approximate surface area is 103 Å². The topological polar surface area (TPSA) is 76.0 Å². The fraction of sp³-hybridized carbons (Fsp3) is 0.154. The quantitative estimate of drug-likeness (QED) is 0.645. The van der Waals surface area contributed by atoms with Gasteiger partial charge >= 0.3 is 5.97 Å². The second kappa shape index (κ2) is 4.83. The minimum atomic E-state index is -0.505. The van der Waals surface area contributed by atoms with Crippen molar-refractivity contribution in [2.45, 2.75) is 0 Å². The lowest BCUT2D eigenvalue weighted by Gasteiger charge is -1.95. The molecule has 0 fully saturated rings. The lowest BCUT2D eigenvalue weighted by molar-refractivity contribution is -0.138. The van der Waals surface area contributed by atoms with Gasteiger partial charge in [-0.2, -0.15) is 0 Å². The number of aliphatic hydroxyl groups excluding tert-OH is 1. The molecule has 5 heteroatoms. The number of methoxy groups -OCH3 is 1. The highest BCUT2D eigenvalue weighted by Gasteiger charge is 2.27. The smallest absolute Gasteiger partial charge is 0.327 e. The van der Waals surface area contributed by atoms with Gasteiger partial charge in [-0.25, -0.2) is 0 Å². The minimum Gasteiger partial charge on any atom is -0.506 e. The Morgan fingerprint density at radius 3 is 2.67 bits per heavy atom. The van der Waals surface area contributed by atoms with Crippen molar-refractivity contribution in [1.29, 1.82) is 0 Å². The minimum absolute atomic E-state index is 0.0973. The number of benzene rings is 1. The molecule has 1 aromatic rings. The number of ketones is 1. The summed E-state index contributed by atoms with van der Waals surface area (Å²) in [5, 5.41) is 9.89. The molecule has 1 N–H and O–H groups in total. The van der Waals surface area contributed by atoms with E-state index in [2.05, 4.69) is 9.73 Å². The Bertz CT molecular complexity index is 572. The fourth-order valence-electron chi connectivity index (χ4n) is 1.68. The van der Waals surface area contributed by atoms with Crippen LogP contribution in [-0.2, 0) is 9.53 Å². The van der Waals surface area contributed by atoms with E-state index in [0.717, 1.165) is 0 Å². The number of carbonyl (C=O) groups is 2. The van der Waals surface area contributed by atoms with Gasteiger partial charge in [-0.15, -0.1) is 0 Å². The molecule has 18 heavy (non-hydrogen) atoms. The molecule has 92 valence electrons. The van der Waals surface area contributed by atoms with Crippen LogP contribution >= 0.6 is 0 Å². The van der Waals surface area contributed by atoms with Gasteiger partial charge in [0.1, 0.15) is 12.3 Å². The van der Waals surface area contributed by atoms with E-state index in [0.29, 0.717) is 11.1 Å². The molecule has 0 saturated heterocycles. The first-order chi connectivity index (χ1) is 8.65. The average molecular weight is 245 g/mol. The normalized spacial score (nSPS) is 14.2. The van der Waals surface area contributed by atoms with Gasteiger partial charge in [-0.3, -0.25) is 14.6 Å². The van der Waals surface area contributed by atoms with E-state index in [1.165, 1.54) is 13.3 Å². The summed E-state index contributed by atoms with van der Waals surface area (Å²) in [5.74, 6) is -0.907. The maximum absolute atomic E-state index is 11.9. The molecule has 0 atom stereocenters. The standard InChI is InChI=1S/C13H11NO4/c1-18-11(15)7-14-6-10-12(16)8-4-2-3-5-9(8)13(10)17/h2-6,16H,7H2,1H3. The SMILES string of the molecule is COC(=O)CN=CC1=C(O)c2ccccc2C1=O. The molecule has 0 aromatic heterocycles. The molecular formula is C13H11NO4. The van der Waals surface area contributed by atoms with E-state index in [1.807, 2.05) is 0 Å². The van der Waals surface area contributed by atoms with Crippen LogP contribution in [-0.4, -0.2) is 36.7 Å². The fourth-order valence-corrected chi connectivity index (χ4v) is 1.68. The highest BCUT2D eigenvalue weighted by molar-refractivity contribution is 6.30. The molecule has 5 nitrogen and oxygen atoms in total. The van der Waals surface area contributed by atoms with Crippen molar-refractivity contribution in [3.8, 4) is 0 Å². The number of fused-ring (bicyclic) bond motifs is 1. The number of hydrogen-bond acceptors (Lipinski definition) is 5. The molecule has 0 amide bonds. The average Bonchev–Trinajstić information content (AvgIpc) is 2.64. The van der Waals surface area contributed by atoms with Crippen molar-refractivity contribution in [3.05, 3.63) is 41.0 Å². The summed E-state index contributed by atoms with van der Waals surface area (Å²) >= 11 is 0. The number of esters is 1. The number of Topliss-reactive ketones (excluding diaryl/α,β-unsaturated/α-hetero) is 1. The predicted molar refractivity (Wildman–Crippen MR) is 65.7 cm³/mol. The molecule has 1 aromatic carbocycles. The zero-order valence-corrected chi connectivity index (χ0v) is 9.71.